The van der Waals surface area contributed by atoms with E-state index in [0.717, 1.165) is 19.3 Å². The van der Waals surface area contributed by atoms with Crippen molar-refractivity contribution in [1.29, 1.82) is 0 Å². The number of hydrogen-bond acceptors (Lipinski definition) is 3. The lowest BCUT2D eigenvalue weighted by atomic mass is 10.00. The monoisotopic (exact) mass is 157 g/mol. The molecular weight excluding hydrogens is 142 g/mol. The number of rotatable bonds is 3. The predicted octanol–water partition coefficient (Wildman–Crippen LogP) is 0.329. The molecule has 3 nitrogen and oxygen atoms in total. The van der Waals surface area contributed by atoms with Gasteiger partial charge in [0, 0.05) is 19.1 Å². The van der Waals surface area contributed by atoms with E-state index < -0.39 is 0 Å². The second-order valence-electron chi connectivity index (χ2n) is 3.10. The number of nitrogens with two attached hydrogens (primary N) is 1. The molecule has 1 aliphatic rings. The van der Waals surface area contributed by atoms with Gasteiger partial charge < -0.3 is 10.5 Å². The van der Waals surface area contributed by atoms with Crippen LogP contribution in [0.4, 0.5) is 0 Å². The third-order valence-electron chi connectivity index (χ3n) is 2.27. The van der Waals surface area contributed by atoms with Gasteiger partial charge in [0.05, 0.1) is 0 Å². The van der Waals surface area contributed by atoms with Crippen molar-refractivity contribution in [3.05, 3.63) is 0 Å². The van der Waals surface area contributed by atoms with Crippen molar-refractivity contribution in [3.8, 4) is 0 Å². The van der Waals surface area contributed by atoms with Crippen molar-refractivity contribution in [3.63, 3.8) is 0 Å². The van der Waals surface area contributed by atoms with Crippen LogP contribution in [-0.2, 0) is 9.53 Å². The van der Waals surface area contributed by atoms with E-state index in [1.807, 2.05) is 0 Å². The van der Waals surface area contributed by atoms with Crippen molar-refractivity contribution < 1.29 is 9.53 Å². The normalized spacial score (nSPS) is 30.7. The number of methoxy groups -OCH3 is 1. The third kappa shape index (κ3) is 2.01. The van der Waals surface area contributed by atoms with Crippen LogP contribution in [0.5, 0.6) is 0 Å². The first-order chi connectivity index (χ1) is 5.25. The van der Waals surface area contributed by atoms with E-state index in [1.165, 1.54) is 0 Å². The lowest BCUT2D eigenvalue weighted by molar-refractivity contribution is -0.126. The Balaban J connectivity index is 2.39. The number of ketones is 1. The van der Waals surface area contributed by atoms with Crippen LogP contribution in [0.15, 0.2) is 0 Å². The van der Waals surface area contributed by atoms with Crippen LogP contribution in [0.2, 0.25) is 0 Å². The summed E-state index contributed by atoms with van der Waals surface area (Å²) in [5, 5.41) is 0. The fourth-order valence-electron chi connectivity index (χ4n) is 1.64. The van der Waals surface area contributed by atoms with E-state index >= 15 is 0 Å². The Bertz CT molecular complexity index is 147. The average molecular weight is 157 g/mol. The maximum absolute atomic E-state index is 11.3. The Kier molecular flexibility index (Phi) is 3.02. The van der Waals surface area contributed by atoms with Gasteiger partial charge in [-0.05, 0) is 12.8 Å². The van der Waals surface area contributed by atoms with Crippen LogP contribution in [-0.4, -0.2) is 25.5 Å². The highest BCUT2D eigenvalue weighted by molar-refractivity contribution is 5.83. The maximum Gasteiger partial charge on any atom is 0.163 e. The smallest absolute Gasteiger partial charge is 0.163 e. The molecular formula is C8H15NO2. The number of carbonyl (C=O) groups is 1. The zero-order valence-corrected chi connectivity index (χ0v) is 6.88. The van der Waals surface area contributed by atoms with Gasteiger partial charge in [-0.1, -0.05) is 6.42 Å². The van der Waals surface area contributed by atoms with Crippen molar-refractivity contribution in [1.82, 2.24) is 0 Å². The molecule has 0 bridgehead atoms. The van der Waals surface area contributed by atoms with Gasteiger partial charge in [0.25, 0.3) is 0 Å². The van der Waals surface area contributed by atoms with Crippen LogP contribution in [0.1, 0.15) is 19.3 Å². The molecule has 0 aliphatic heterocycles. The summed E-state index contributed by atoms with van der Waals surface area (Å²) < 4.78 is 4.76. The standard InChI is InChI=1S/C8H15NO2/c1-11-5-8(10)6-3-2-4-7(6)9/h6-7H,2-5,9H2,1H3/t6-,7+/m1/s1. The largest absolute Gasteiger partial charge is 0.377 e. The molecule has 3 heteroatoms. The number of hydrogen-bond donors (Lipinski definition) is 1. The molecule has 1 saturated carbocycles. The molecule has 1 fully saturated rings. The Morgan fingerprint density at radius 3 is 2.82 bits per heavy atom. The van der Waals surface area contributed by atoms with Gasteiger partial charge >= 0.3 is 0 Å². The van der Waals surface area contributed by atoms with Crippen molar-refractivity contribution in [2.24, 2.45) is 11.7 Å². The van der Waals surface area contributed by atoms with E-state index in [9.17, 15) is 4.79 Å². The van der Waals surface area contributed by atoms with E-state index in [2.05, 4.69) is 0 Å². The summed E-state index contributed by atoms with van der Waals surface area (Å²) in [6, 6.07) is 0.0812. The highest BCUT2D eigenvalue weighted by Gasteiger charge is 2.29. The molecule has 0 aromatic heterocycles. The molecule has 2 N–H and O–H groups in total. The summed E-state index contributed by atoms with van der Waals surface area (Å²) >= 11 is 0. The van der Waals surface area contributed by atoms with Gasteiger partial charge in [-0.3, -0.25) is 4.79 Å². The Hall–Kier alpha value is -0.410. The Morgan fingerprint density at radius 1 is 1.64 bits per heavy atom. The lowest BCUT2D eigenvalue weighted by Gasteiger charge is -2.12. The van der Waals surface area contributed by atoms with Gasteiger partial charge in [-0.25, -0.2) is 0 Å². The summed E-state index contributed by atoms with van der Waals surface area (Å²) in [5.41, 5.74) is 5.73. The minimum Gasteiger partial charge on any atom is -0.377 e. The second-order valence-corrected chi connectivity index (χ2v) is 3.10. The summed E-state index contributed by atoms with van der Waals surface area (Å²) in [6.45, 7) is 0.221. The van der Waals surface area contributed by atoms with Crippen molar-refractivity contribution >= 4 is 5.78 Å². The van der Waals surface area contributed by atoms with Crippen LogP contribution >= 0.6 is 0 Å². The molecule has 2 atom stereocenters. The molecule has 0 spiro atoms. The maximum atomic E-state index is 11.3. The summed E-state index contributed by atoms with van der Waals surface area (Å²) in [6.07, 6.45) is 3.02. The fraction of sp³-hybridized carbons (Fsp3) is 0.875. The topological polar surface area (TPSA) is 52.3 Å². The minimum absolute atomic E-state index is 0.0648. The second kappa shape index (κ2) is 3.83. The number of carbonyl (C=O) groups excluding carboxylic acids is 1. The lowest BCUT2D eigenvalue weighted by Crippen LogP contribution is -2.32. The van der Waals surface area contributed by atoms with Gasteiger partial charge in [0.1, 0.15) is 6.61 Å². The SMILES string of the molecule is COCC(=O)[C@@H]1CCC[C@@H]1N. The molecule has 0 saturated heterocycles. The predicted molar refractivity (Wildman–Crippen MR) is 42.2 cm³/mol. The fourth-order valence-corrected chi connectivity index (χ4v) is 1.64. The number of ether oxygens (including phenoxy) is 1. The van der Waals surface area contributed by atoms with E-state index in [-0.39, 0.29) is 24.3 Å². The third-order valence-corrected chi connectivity index (χ3v) is 2.27. The molecule has 0 heterocycles. The number of Topliss-reactive ketones (excluding diaryl/α,β-unsaturated/α-hetero) is 1. The zero-order chi connectivity index (χ0) is 8.27. The van der Waals surface area contributed by atoms with Gasteiger partial charge in [-0.2, -0.15) is 0 Å². The Labute approximate surface area is 66.9 Å². The quantitative estimate of drug-likeness (QED) is 0.642. The summed E-state index contributed by atoms with van der Waals surface area (Å²) in [4.78, 5) is 11.3. The molecule has 1 rings (SSSR count). The Morgan fingerprint density at radius 2 is 2.36 bits per heavy atom. The minimum atomic E-state index is 0.0648. The van der Waals surface area contributed by atoms with Gasteiger partial charge in [-0.15, -0.1) is 0 Å². The molecule has 64 valence electrons. The van der Waals surface area contributed by atoms with Crippen LogP contribution in [0.3, 0.4) is 0 Å². The van der Waals surface area contributed by atoms with E-state index in [1.54, 1.807) is 7.11 Å². The molecule has 0 radical (unpaired) electrons. The van der Waals surface area contributed by atoms with Gasteiger partial charge in [0.2, 0.25) is 0 Å². The first-order valence-electron chi connectivity index (χ1n) is 4.03. The summed E-state index contributed by atoms with van der Waals surface area (Å²) in [5.74, 6) is 0.229. The average Bonchev–Trinajstić information content (AvgIpc) is 2.36. The molecule has 1 aliphatic carbocycles. The van der Waals surface area contributed by atoms with Crippen molar-refractivity contribution in [2.45, 2.75) is 25.3 Å². The molecule has 0 aromatic rings. The zero-order valence-electron chi connectivity index (χ0n) is 6.88. The summed E-state index contributed by atoms with van der Waals surface area (Å²) in [7, 11) is 1.54. The van der Waals surface area contributed by atoms with Crippen LogP contribution in [0, 0.1) is 5.92 Å². The van der Waals surface area contributed by atoms with Crippen molar-refractivity contribution in [2.75, 3.05) is 13.7 Å². The van der Waals surface area contributed by atoms with Crippen LogP contribution < -0.4 is 5.73 Å². The highest BCUT2D eigenvalue weighted by Crippen LogP contribution is 2.24. The molecule has 0 unspecified atom stereocenters. The highest BCUT2D eigenvalue weighted by atomic mass is 16.5. The first kappa shape index (κ1) is 8.68. The molecule has 0 amide bonds. The van der Waals surface area contributed by atoms with Gasteiger partial charge in [0.15, 0.2) is 5.78 Å². The van der Waals surface area contributed by atoms with Crippen LogP contribution in [0.25, 0.3) is 0 Å². The molecule has 0 aromatic carbocycles. The van der Waals surface area contributed by atoms with E-state index in [4.69, 9.17) is 10.5 Å². The van der Waals surface area contributed by atoms with E-state index in [0.29, 0.717) is 0 Å². The first-order valence-corrected chi connectivity index (χ1v) is 4.03. The molecule has 11 heavy (non-hydrogen) atoms.